The van der Waals surface area contributed by atoms with Crippen molar-refractivity contribution in [1.82, 2.24) is 0 Å². The molecule has 5 atom stereocenters. The first-order valence-electron chi connectivity index (χ1n) is 47.1. The smallest absolute Gasteiger partial charge is 0.462 e. The van der Waals surface area contributed by atoms with Crippen molar-refractivity contribution in [2.45, 2.75) is 515 Å². The van der Waals surface area contributed by atoms with Crippen molar-refractivity contribution in [2.24, 2.45) is 5.92 Å². The zero-order valence-electron chi connectivity index (χ0n) is 72.4. The van der Waals surface area contributed by atoms with Gasteiger partial charge in [-0.2, -0.15) is 0 Å². The number of ether oxygens (including phenoxy) is 4. The average Bonchev–Trinajstić information content (AvgIpc) is 0.898. The Morgan fingerprint density at radius 2 is 0.418 bits per heavy atom. The fraction of sp³-hybridized carbons (Fsp3) is 0.956. The molecule has 0 aliphatic carbocycles. The summed E-state index contributed by atoms with van der Waals surface area (Å²) in [7, 11) is -9.93. The van der Waals surface area contributed by atoms with E-state index in [1.165, 1.54) is 321 Å². The molecule has 0 aromatic rings. The molecule has 2 unspecified atom stereocenters. The summed E-state index contributed by atoms with van der Waals surface area (Å²) in [5.41, 5.74) is 0. The molecule has 17 nitrogen and oxygen atoms in total. The van der Waals surface area contributed by atoms with Gasteiger partial charge in [0.25, 0.3) is 0 Å². The first-order chi connectivity index (χ1) is 53.5. The van der Waals surface area contributed by atoms with Crippen LogP contribution in [-0.4, -0.2) is 96.7 Å². The Labute approximate surface area is 677 Å². The number of carbonyl (C=O) groups excluding carboxylic acids is 4. The van der Waals surface area contributed by atoms with E-state index in [4.69, 9.17) is 37.0 Å². The fourth-order valence-electron chi connectivity index (χ4n) is 14.4. The van der Waals surface area contributed by atoms with Gasteiger partial charge in [-0.15, -0.1) is 0 Å². The topological polar surface area (TPSA) is 237 Å². The minimum Gasteiger partial charge on any atom is -0.462 e. The van der Waals surface area contributed by atoms with Crippen LogP contribution in [0, 0.1) is 5.92 Å². The van der Waals surface area contributed by atoms with Crippen molar-refractivity contribution in [3.8, 4) is 0 Å². The molecule has 654 valence electrons. The van der Waals surface area contributed by atoms with Crippen LogP contribution in [0.4, 0.5) is 0 Å². The summed E-state index contributed by atoms with van der Waals surface area (Å²) in [6.07, 6.45) is 79.2. The van der Waals surface area contributed by atoms with Gasteiger partial charge < -0.3 is 33.8 Å². The first kappa shape index (κ1) is 108. The van der Waals surface area contributed by atoms with Gasteiger partial charge in [0.05, 0.1) is 26.4 Å². The van der Waals surface area contributed by atoms with Crippen LogP contribution in [0.2, 0.25) is 0 Å². The highest BCUT2D eigenvalue weighted by Gasteiger charge is 2.31. The molecule has 19 heteroatoms. The van der Waals surface area contributed by atoms with Gasteiger partial charge in [0.15, 0.2) is 12.2 Å². The first-order valence-corrected chi connectivity index (χ1v) is 50.1. The molecule has 0 saturated heterocycles. The van der Waals surface area contributed by atoms with Crippen molar-refractivity contribution in [3.63, 3.8) is 0 Å². The Balaban J connectivity index is 5.24. The third kappa shape index (κ3) is 84.0. The third-order valence-electron chi connectivity index (χ3n) is 21.5. The molecule has 0 aromatic carbocycles. The van der Waals surface area contributed by atoms with E-state index >= 15 is 0 Å². The SMILES string of the molecule is CCCCCCCCCCCCCCCCCCCCCCCC(=O)O[C@H](COC(=O)CCCCCCCCCCCCCCCCCCCCCC)COP(=O)(O)OC[C@@H](O)COP(=O)(O)OC[C@@H](COC(=O)CCCCCCCCCCCCCC)OC(=O)CCCCCCCCCCCCCCCCC(C)C. The van der Waals surface area contributed by atoms with E-state index in [-0.39, 0.29) is 25.7 Å². The molecule has 110 heavy (non-hydrogen) atoms. The van der Waals surface area contributed by atoms with E-state index in [2.05, 4.69) is 34.6 Å². The predicted octanol–water partition coefficient (Wildman–Crippen LogP) is 28.3. The van der Waals surface area contributed by atoms with Gasteiger partial charge in [-0.25, -0.2) is 9.13 Å². The van der Waals surface area contributed by atoms with Crippen LogP contribution >= 0.6 is 15.6 Å². The van der Waals surface area contributed by atoms with Gasteiger partial charge in [0.2, 0.25) is 0 Å². The molecule has 0 amide bonds. The van der Waals surface area contributed by atoms with Crippen molar-refractivity contribution < 1.29 is 80.2 Å². The van der Waals surface area contributed by atoms with Crippen molar-refractivity contribution >= 4 is 39.5 Å². The second-order valence-electron chi connectivity index (χ2n) is 33.2. The van der Waals surface area contributed by atoms with Gasteiger partial charge in [-0.05, 0) is 31.6 Å². The van der Waals surface area contributed by atoms with E-state index in [9.17, 15) is 43.2 Å². The summed E-state index contributed by atoms with van der Waals surface area (Å²) < 4.78 is 69.1. The monoisotopic (exact) mass is 1610 g/mol. The van der Waals surface area contributed by atoms with Gasteiger partial charge in [0, 0.05) is 25.7 Å². The van der Waals surface area contributed by atoms with Crippen molar-refractivity contribution in [2.75, 3.05) is 39.6 Å². The standard InChI is InChI=1S/C91H178O17P2/c1-6-9-12-15-18-21-24-27-29-31-33-35-37-39-41-46-51-56-61-66-71-76-90(95)108-87(81-102-89(94)75-70-65-60-55-50-45-40-38-36-34-32-30-28-25-22-19-16-13-10-7-2)83-106-110(99,100)104-79-85(92)78-103-109(97,98)105-82-86(80-101-88(93)74-69-64-59-54-49-26-23-20-17-14-11-8-3)107-91(96)77-72-67-62-57-52-47-43-42-44-48-53-58-63-68-73-84(4)5/h84-87,92H,6-83H2,1-5H3,(H,97,98)(H,99,100)/t85-,86+,87+/m0/s1. The van der Waals surface area contributed by atoms with Crippen LogP contribution in [0.15, 0.2) is 0 Å². The van der Waals surface area contributed by atoms with Gasteiger partial charge in [-0.3, -0.25) is 37.3 Å². The van der Waals surface area contributed by atoms with Gasteiger partial charge in [0.1, 0.15) is 19.3 Å². The van der Waals surface area contributed by atoms with Crippen LogP contribution in [0.5, 0.6) is 0 Å². The number of phosphoric acid groups is 2. The summed E-state index contributed by atoms with van der Waals surface area (Å²) in [6, 6.07) is 0. The Kier molecular flexibility index (Phi) is 82.1. The number of rotatable bonds is 91. The maximum absolute atomic E-state index is 13.2. The Bertz CT molecular complexity index is 2080. The lowest BCUT2D eigenvalue weighted by Gasteiger charge is -2.21. The third-order valence-corrected chi connectivity index (χ3v) is 23.4. The van der Waals surface area contributed by atoms with Gasteiger partial charge in [-0.1, -0.05) is 446 Å². The fourth-order valence-corrected chi connectivity index (χ4v) is 15.9. The number of hydrogen-bond acceptors (Lipinski definition) is 15. The Morgan fingerprint density at radius 3 is 0.618 bits per heavy atom. The van der Waals surface area contributed by atoms with Crippen LogP contribution in [0.3, 0.4) is 0 Å². The minimum absolute atomic E-state index is 0.108. The summed E-state index contributed by atoms with van der Waals surface area (Å²) in [6.45, 7) is 7.42. The summed E-state index contributed by atoms with van der Waals surface area (Å²) in [5, 5.41) is 10.7. The zero-order valence-corrected chi connectivity index (χ0v) is 74.2. The molecule has 0 rings (SSSR count). The van der Waals surface area contributed by atoms with Crippen LogP contribution in [-0.2, 0) is 65.4 Å². The molecule has 0 aliphatic heterocycles. The molecule has 0 fully saturated rings. The number of esters is 4. The van der Waals surface area contributed by atoms with Crippen molar-refractivity contribution in [3.05, 3.63) is 0 Å². The van der Waals surface area contributed by atoms with Crippen molar-refractivity contribution in [1.29, 1.82) is 0 Å². The number of hydrogen-bond donors (Lipinski definition) is 3. The number of unbranched alkanes of at least 4 members (excludes halogenated alkanes) is 63. The molecule has 0 aliphatic rings. The second kappa shape index (κ2) is 83.5. The highest BCUT2D eigenvalue weighted by molar-refractivity contribution is 7.47. The quantitative estimate of drug-likeness (QED) is 0.0222. The molecule has 0 heterocycles. The molecule has 0 bridgehead atoms. The average molecular weight is 1610 g/mol. The van der Waals surface area contributed by atoms with E-state index in [1.807, 2.05) is 0 Å². The van der Waals surface area contributed by atoms with E-state index < -0.39 is 97.5 Å². The molecule has 0 spiro atoms. The van der Waals surface area contributed by atoms with Crippen LogP contribution < -0.4 is 0 Å². The van der Waals surface area contributed by atoms with E-state index in [0.717, 1.165) is 95.8 Å². The van der Waals surface area contributed by atoms with Crippen LogP contribution in [0.1, 0.15) is 497 Å². The lowest BCUT2D eigenvalue weighted by Crippen LogP contribution is -2.30. The van der Waals surface area contributed by atoms with E-state index in [1.54, 1.807) is 0 Å². The molecule has 0 radical (unpaired) electrons. The highest BCUT2D eigenvalue weighted by Crippen LogP contribution is 2.45. The number of carbonyl (C=O) groups is 4. The van der Waals surface area contributed by atoms with E-state index in [0.29, 0.717) is 25.7 Å². The second-order valence-corrected chi connectivity index (χ2v) is 36.1. The number of aliphatic hydroxyl groups excluding tert-OH is 1. The molecular weight excluding hydrogens is 1430 g/mol. The summed E-state index contributed by atoms with van der Waals surface area (Å²) in [5.74, 6) is -1.30. The normalized spacial score (nSPS) is 13.7. The lowest BCUT2D eigenvalue weighted by atomic mass is 10.0. The molecule has 3 N–H and O–H groups in total. The summed E-state index contributed by atoms with van der Waals surface area (Å²) >= 11 is 0. The Morgan fingerprint density at radius 1 is 0.245 bits per heavy atom. The minimum atomic E-state index is -4.97. The molecule has 0 saturated carbocycles. The maximum Gasteiger partial charge on any atom is 0.472 e. The van der Waals surface area contributed by atoms with Gasteiger partial charge >= 0.3 is 39.5 Å². The summed E-state index contributed by atoms with van der Waals surface area (Å²) in [4.78, 5) is 73.4. The van der Waals surface area contributed by atoms with Crippen LogP contribution in [0.25, 0.3) is 0 Å². The lowest BCUT2D eigenvalue weighted by molar-refractivity contribution is -0.161. The zero-order chi connectivity index (χ0) is 80.4. The highest BCUT2D eigenvalue weighted by atomic mass is 31.2. The number of aliphatic hydroxyl groups is 1. The maximum atomic E-state index is 13.2. The predicted molar refractivity (Wildman–Crippen MR) is 455 cm³/mol. The molecule has 0 aromatic heterocycles. The molecular formula is C91H178O17P2. The number of phosphoric ester groups is 2. The largest absolute Gasteiger partial charge is 0.472 e. The Hall–Kier alpha value is -1.94.